The summed E-state index contributed by atoms with van der Waals surface area (Å²) in [5.74, 6) is 0.519. The number of benzene rings is 2. The third-order valence-electron chi connectivity index (χ3n) is 5.62. The van der Waals surface area contributed by atoms with Gasteiger partial charge in [0, 0.05) is 18.2 Å². The van der Waals surface area contributed by atoms with Crippen molar-refractivity contribution < 1.29 is 13.9 Å². The molecule has 1 aromatic heterocycles. The third-order valence-corrected chi connectivity index (χ3v) is 5.62. The van der Waals surface area contributed by atoms with Crippen molar-refractivity contribution in [2.24, 2.45) is 0 Å². The van der Waals surface area contributed by atoms with Crippen molar-refractivity contribution in [1.29, 1.82) is 0 Å². The molecule has 0 spiro atoms. The van der Waals surface area contributed by atoms with Gasteiger partial charge in [-0.3, -0.25) is 0 Å². The molecule has 0 radical (unpaired) electrons. The van der Waals surface area contributed by atoms with E-state index in [1.165, 1.54) is 18.9 Å². The van der Waals surface area contributed by atoms with E-state index in [1.807, 2.05) is 36.5 Å². The second kappa shape index (κ2) is 13.6. The second-order valence-corrected chi connectivity index (χ2v) is 8.47. The zero-order chi connectivity index (χ0) is 24.2. The van der Waals surface area contributed by atoms with Crippen molar-refractivity contribution >= 4 is 17.0 Å². The van der Waals surface area contributed by atoms with Crippen LogP contribution in [0.3, 0.4) is 0 Å². The molecule has 0 aliphatic rings. The van der Waals surface area contributed by atoms with E-state index in [9.17, 15) is 4.39 Å². The van der Waals surface area contributed by atoms with Crippen LogP contribution in [0.5, 0.6) is 5.75 Å². The fraction of sp³-hybridized carbons (Fsp3) is 0.379. The number of ether oxygens (including phenoxy) is 2. The van der Waals surface area contributed by atoms with Gasteiger partial charge in [-0.05, 0) is 74.1 Å². The topological polar surface area (TPSA) is 44.2 Å². The Morgan fingerprint density at radius 2 is 1.91 bits per heavy atom. The lowest BCUT2D eigenvalue weighted by Gasteiger charge is -2.11. The molecule has 3 rings (SSSR count). The van der Waals surface area contributed by atoms with Gasteiger partial charge in [-0.1, -0.05) is 50.6 Å². The molecule has 0 fully saturated rings. The van der Waals surface area contributed by atoms with Crippen molar-refractivity contribution in [2.45, 2.75) is 58.5 Å². The van der Waals surface area contributed by atoms with Crippen LogP contribution in [0.4, 0.5) is 4.39 Å². The van der Waals surface area contributed by atoms with Crippen LogP contribution in [0.2, 0.25) is 0 Å². The zero-order valence-electron chi connectivity index (χ0n) is 20.3. The second-order valence-electron chi connectivity index (χ2n) is 8.47. The molecule has 34 heavy (non-hydrogen) atoms. The van der Waals surface area contributed by atoms with Gasteiger partial charge < -0.3 is 9.47 Å². The number of halogens is 1. The summed E-state index contributed by atoms with van der Waals surface area (Å²) >= 11 is 0. The van der Waals surface area contributed by atoms with E-state index in [1.54, 1.807) is 12.1 Å². The van der Waals surface area contributed by atoms with E-state index >= 15 is 0 Å². The molecule has 0 bridgehead atoms. The smallest absolute Gasteiger partial charge is 0.165 e. The fourth-order valence-electron chi connectivity index (χ4n) is 3.69. The minimum Gasteiger partial charge on any atom is -0.486 e. The minimum absolute atomic E-state index is 0.221. The van der Waals surface area contributed by atoms with Crippen LogP contribution in [0, 0.1) is 5.82 Å². The van der Waals surface area contributed by atoms with E-state index in [4.69, 9.17) is 9.47 Å². The Bertz CT molecular complexity index is 1100. The van der Waals surface area contributed by atoms with Gasteiger partial charge in [-0.2, -0.15) is 0 Å². The minimum atomic E-state index is -0.395. The lowest BCUT2D eigenvalue weighted by atomic mass is 10.0. The Hall–Kier alpha value is -3.05. The summed E-state index contributed by atoms with van der Waals surface area (Å²) in [4.78, 5) is 9.11. The van der Waals surface area contributed by atoms with Gasteiger partial charge in [-0.25, -0.2) is 14.4 Å². The van der Waals surface area contributed by atoms with E-state index in [-0.39, 0.29) is 12.4 Å². The molecule has 0 aliphatic heterocycles. The lowest BCUT2D eigenvalue weighted by Crippen LogP contribution is -2.08. The molecule has 4 nitrogen and oxygen atoms in total. The van der Waals surface area contributed by atoms with E-state index in [0.29, 0.717) is 11.9 Å². The summed E-state index contributed by atoms with van der Waals surface area (Å²) in [5.41, 5.74) is 2.54. The molecule has 1 heterocycles. The van der Waals surface area contributed by atoms with Crippen LogP contribution in [-0.2, 0) is 4.74 Å². The molecule has 1 atom stereocenters. The molecule has 2 aromatic carbocycles. The quantitative estimate of drug-likeness (QED) is 0.181. The predicted octanol–water partition coefficient (Wildman–Crippen LogP) is 7.78. The molecular formula is C29H35FN2O2. The summed E-state index contributed by atoms with van der Waals surface area (Å²) in [6.07, 6.45) is 14.5. The normalized spacial score (nSPS) is 12.3. The van der Waals surface area contributed by atoms with Gasteiger partial charge in [0.1, 0.15) is 6.61 Å². The summed E-state index contributed by atoms with van der Waals surface area (Å²) in [5, 5.41) is 0.913. The highest BCUT2D eigenvalue weighted by atomic mass is 19.1. The number of hydrogen-bond acceptors (Lipinski definition) is 4. The third kappa shape index (κ3) is 7.77. The van der Waals surface area contributed by atoms with Crippen LogP contribution in [-0.4, -0.2) is 29.3 Å². The van der Waals surface area contributed by atoms with Gasteiger partial charge in [0.25, 0.3) is 0 Å². The van der Waals surface area contributed by atoms with E-state index < -0.39 is 5.82 Å². The average molecular weight is 463 g/mol. The average Bonchev–Trinajstić information content (AvgIpc) is 2.85. The molecular weight excluding hydrogens is 427 g/mol. The van der Waals surface area contributed by atoms with Crippen LogP contribution >= 0.6 is 0 Å². The maximum absolute atomic E-state index is 14.3. The number of fused-ring (bicyclic) bond motifs is 1. The lowest BCUT2D eigenvalue weighted by molar-refractivity contribution is 0.0566. The standard InChI is InChI=1S/C29H35FN2O2/c1-4-6-10-18-33-22(3)11-8-7-9-12-29-31-21-25-19-23(13-15-27(25)32-29)24-14-16-28(26(30)20-24)34-17-5-2/h5,9,12-16,19-22H,2,4,6-8,10-11,17-18H2,1,3H3. The van der Waals surface area contributed by atoms with Crippen LogP contribution in [0.25, 0.3) is 28.1 Å². The predicted molar refractivity (Wildman–Crippen MR) is 138 cm³/mol. The van der Waals surface area contributed by atoms with Crippen molar-refractivity contribution in [3.05, 3.63) is 73.0 Å². The molecule has 3 aromatic rings. The molecule has 0 aliphatic carbocycles. The number of nitrogens with zero attached hydrogens (tertiary/aromatic N) is 2. The molecule has 0 N–H and O–H groups in total. The van der Waals surface area contributed by atoms with Gasteiger partial charge in [-0.15, -0.1) is 0 Å². The number of rotatable bonds is 14. The first-order chi connectivity index (χ1) is 16.6. The first-order valence-electron chi connectivity index (χ1n) is 12.2. The van der Waals surface area contributed by atoms with E-state index in [0.717, 1.165) is 54.3 Å². The Labute approximate surface area is 202 Å². The highest BCUT2D eigenvalue weighted by Gasteiger charge is 2.08. The highest BCUT2D eigenvalue weighted by molar-refractivity contribution is 5.84. The Kier molecular flexibility index (Phi) is 10.2. The Balaban J connectivity index is 1.55. The number of hydrogen-bond donors (Lipinski definition) is 0. The first kappa shape index (κ1) is 25.6. The molecule has 1 unspecified atom stereocenters. The maximum Gasteiger partial charge on any atom is 0.165 e. The van der Waals surface area contributed by atoms with Crippen molar-refractivity contribution in [3.8, 4) is 16.9 Å². The van der Waals surface area contributed by atoms with Gasteiger partial charge in [0.2, 0.25) is 0 Å². The summed E-state index contributed by atoms with van der Waals surface area (Å²) in [7, 11) is 0. The van der Waals surface area contributed by atoms with E-state index in [2.05, 4.69) is 36.5 Å². The molecule has 180 valence electrons. The Morgan fingerprint density at radius 3 is 2.71 bits per heavy atom. The van der Waals surface area contributed by atoms with Gasteiger partial charge in [0.05, 0.1) is 11.6 Å². The fourth-order valence-corrected chi connectivity index (χ4v) is 3.69. The Morgan fingerprint density at radius 1 is 1.09 bits per heavy atom. The zero-order valence-corrected chi connectivity index (χ0v) is 20.3. The molecule has 0 saturated heterocycles. The number of aromatic nitrogens is 2. The number of unbranched alkanes of at least 4 members (excludes halogenated alkanes) is 3. The van der Waals surface area contributed by atoms with Crippen molar-refractivity contribution in [2.75, 3.05) is 13.2 Å². The van der Waals surface area contributed by atoms with Gasteiger partial charge >= 0.3 is 0 Å². The van der Waals surface area contributed by atoms with Gasteiger partial charge in [0.15, 0.2) is 17.4 Å². The van der Waals surface area contributed by atoms with Crippen molar-refractivity contribution in [1.82, 2.24) is 9.97 Å². The molecule has 5 heteroatoms. The van der Waals surface area contributed by atoms with Crippen LogP contribution < -0.4 is 4.74 Å². The SMILES string of the molecule is C=CCOc1ccc(-c2ccc3nc(C=CCCCC(C)OCCCCC)ncc3c2)cc1F. The highest BCUT2D eigenvalue weighted by Crippen LogP contribution is 2.28. The number of allylic oxidation sites excluding steroid dienone is 1. The van der Waals surface area contributed by atoms with Crippen LogP contribution in [0.1, 0.15) is 58.2 Å². The van der Waals surface area contributed by atoms with Crippen LogP contribution in [0.15, 0.2) is 61.3 Å². The summed E-state index contributed by atoms with van der Waals surface area (Å²) in [6.45, 7) is 9.07. The molecule has 0 saturated carbocycles. The summed E-state index contributed by atoms with van der Waals surface area (Å²) in [6, 6.07) is 10.8. The molecule has 0 amide bonds. The first-order valence-corrected chi connectivity index (χ1v) is 12.2. The summed E-state index contributed by atoms with van der Waals surface area (Å²) < 4.78 is 25.5. The van der Waals surface area contributed by atoms with Crippen molar-refractivity contribution in [3.63, 3.8) is 0 Å². The largest absolute Gasteiger partial charge is 0.486 e. The maximum atomic E-state index is 14.3. The monoisotopic (exact) mass is 462 g/mol.